The first-order chi connectivity index (χ1) is 8.72. The van der Waals surface area contributed by atoms with Crippen molar-refractivity contribution in [1.82, 2.24) is 15.1 Å². The van der Waals surface area contributed by atoms with Gasteiger partial charge < -0.3 is 13.9 Å². The van der Waals surface area contributed by atoms with Crippen LogP contribution in [0.5, 0.6) is 0 Å². The minimum absolute atomic E-state index is 0.348. The first-order valence-electron chi connectivity index (χ1n) is 5.96. The predicted molar refractivity (Wildman–Crippen MR) is 60.7 cm³/mol. The molecule has 2 rings (SSSR count). The monoisotopic (exact) mass is 255 g/mol. The van der Waals surface area contributed by atoms with Crippen LogP contribution in [0.15, 0.2) is 4.42 Å². The van der Waals surface area contributed by atoms with Crippen LogP contribution in [0.3, 0.4) is 0 Å². The number of nitrogens with zero attached hydrogens (tertiary/aromatic N) is 3. The van der Waals surface area contributed by atoms with Crippen LogP contribution in [0, 0.1) is 0 Å². The molecule has 0 N–H and O–H groups in total. The second-order valence-corrected chi connectivity index (χ2v) is 4.06. The summed E-state index contributed by atoms with van der Waals surface area (Å²) in [7, 11) is 1.36. The molecule has 7 heteroatoms. The summed E-state index contributed by atoms with van der Waals surface area (Å²) < 4.78 is 15.4. The number of hydrogen-bond acceptors (Lipinski definition) is 7. The molecular formula is C11H17N3O4. The molecule has 0 saturated carbocycles. The van der Waals surface area contributed by atoms with Crippen LogP contribution in [0.1, 0.15) is 18.7 Å². The number of aryl methyl sites for hydroxylation is 1. The summed E-state index contributed by atoms with van der Waals surface area (Å²) in [5, 5.41) is 7.86. The average Bonchev–Trinajstić information content (AvgIpc) is 2.86. The lowest BCUT2D eigenvalue weighted by Gasteiger charge is -2.30. The minimum atomic E-state index is -0.530. The van der Waals surface area contributed by atoms with Crippen molar-refractivity contribution in [3.63, 3.8) is 0 Å². The Bertz CT molecular complexity index is 407. The number of carbonyl (C=O) groups is 1. The van der Waals surface area contributed by atoms with Crippen molar-refractivity contribution < 1.29 is 18.7 Å². The van der Waals surface area contributed by atoms with E-state index in [4.69, 9.17) is 9.15 Å². The molecule has 0 spiro atoms. The van der Waals surface area contributed by atoms with Crippen molar-refractivity contribution in [3.05, 3.63) is 11.8 Å². The number of hydrogen-bond donors (Lipinski definition) is 0. The van der Waals surface area contributed by atoms with E-state index < -0.39 is 6.10 Å². The molecule has 2 heterocycles. The van der Waals surface area contributed by atoms with E-state index in [9.17, 15) is 4.79 Å². The van der Waals surface area contributed by atoms with E-state index in [1.54, 1.807) is 0 Å². The van der Waals surface area contributed by atoms with Gasteiger partial charge in [0.1, 0.15) is 0 Å². The fraction of sp³-hybridized carbons (Fsp3) is 0.727. The summed E-state index contributed by atoms with van der Waals surface area (Å²) in [5.41, 5.74) is 0. The van der Waals surface area contributed by atoms with Crippen molar-refractivity contribution in [2.75, 3.05) is 26.8 Å². The number of aromatic nitrogens is 2. The fourth-order valence-electron chi connectivity index (χ4n) is 1.81. The highest BCUT2D eigenvalue weighted by Crippen LogP contribution is 2.11. The standard InChI is InChI=1S/C11H17N3O4/c1-3-9-12-13-10(18-9)7-14-4-5-17-8(6-14)11(15)16-2/h8H,3-7H2,1-2H3. The number of esters is 1. The van der Waals surface area contributed by atoms with Crippen molar-refractivity contribution >= 4 is 5.97 Å². The SMILES string of the molecule is CCc1nnc(CN2CCOC(C(=O)OC)C2)o1. The number of carbonyl (C=O) groups excluding carboxylic acids is 1. The summed E-state index contributed by atoms with van der Waals surface area (Å²) >= 11 is 0. The van der Waals surface area contributed by atoms with Crippen molar-refractivity contribution in [2.45, 2.75) is 26.0 Å². The van der Waals surface area contributed by atoms with Gasteiger partial charge in [-0.2, -0.15) is 0 Å². The Labute approximate surface area is 105 Å². The molecule has 0 radical (unpaired) electrons. The van der Waals surface area contributed by atoms with Crippen LogP contribution in [0.25, 0.3) is 0 Å². The quantitative estimate of drug-likeness (QED) is 0.701. The highest BCUT2D eigenvalue weighted by molar-refractivity contribution is 5.74. The Morgan fingerprint density at radius 1 is 1.50 bits per heavy atom. The topological polar surface area (TPSA) is 77.7 Å². The molecule has 0 aliphatic carbocycles. The first kappa shape index (κ1) is 13.0. The summed E-state index contributed by atoms with van der Waals surface area (Å²) in [5.74, 6) is 0.847. The normalized spacial score (nSPS) is 20.9. The van der Waals surface area contributed by atoms with E-state index in [1.807, 2.05) is 11.8 Å². The van der Waals surface area contributed by atoms with Gasteiger partial charge in [0.05, 0.1) is 20.3 Å². The molecule has 1 aromatic rings. The summed E-state index contributed by atoms with van der Waals surface area (Å²) in [6, 6.07) is 0. The Balaban J connectivity index is 1.91. The third-order valence-electron chi connectivity index (χ3n) is 2.78. The smallest absolute Gasteiger partial charge is 0.336 e. The maximum absolute atomic E-state index is 11.4. The molecule has 1 atom stereocenters. The molecule has 0 amide bonds. The van der Waals surface area contributed by atoms with Crippen LogP contribution >= 0.6 is 0 Å². The second kappa shape index (κ2) is 5.92. The van der Waals surface area contributed by atoms with Gasteiger partial charge >= 0.3 is 5.97 Å². The van der Waals surface area contributed by atoms with Gasteiger partial charge in [-0.3, -0.25) is 4.90 Å². The minimum Gasteiger partial charge on any atom is -0.467 e. The van der Waals surface area contributed by atoms with Gasteiger partial charge in [0.2, 0.25) is 11.8 Å². The summed E-state index contributed by atoms with van der Waals surface area (Å²) in [6.45, 7) is 4.20. The number of morpholine rings is 1. The van der Waals surface area contributed by atoms with Crippen molar-refractivity contribution in [2.24, 2.45) is 0 Å². The maximum Gasteiger partial charge on any atom is 0.336 e. The Morgan fingerprint density at radius 3 is 2.94 bits per heavy atom. The molecule has 7 nitrogen and oxygen atoms in total. The van der Waals surface area contributed by atoms with Crippen molar-refractivity contribution in [3.8, 4) is 0 Å². The molecule has 1 fully saturated rings. The molecule has 1 aliphatic heterocycles. The lowest BCUT2D eigenvalue weighted by molar-refractivity contribution is -0.160. The predicted octanol–water partition coefficient (Wildman–Crippen LogP) is 0.00580. The Morgan fingerprint density at radius 2 is 2.28 bits per heavy atom. The van der Waals surface area contributed by atoms with Crippen LogP contribution in [-0.4, -0.2) is 54.0 Å². The fourth-order valence-corrected chi connectivity index (χ4v) is 1.81. The molecule has 1 aliphatic rings. The Hall–Kier alpha value is -1.47. The van der Waals surface area contributed by atoms with Crippen molar-refractivity contribution in [1.29, 1.82) is 0 Å². The van der Waals surface area contributed by atoms with Gasteiger partial charge in [0, 0.05) is 19.5 Å². The van der Waals surface area contributed by atoms with Gasteiger partial charge in [-0.05, 0) is 0 Å². The van der Waals surface area contributed by atoms with Gasteiger partial charge in [0.25, 0.3) is 0 Å². The second-order valence-electron chi connectivity index (χ2n) is 4.06. The third kappa shape index (κ3) is 3.05. The van der Waals surface area contributed by atoms with E-state index in [2.05, 4.69) is 14.9 Å². The molecule has 1 saturated heterocycles. The van der Waals surface area contributed by atoms with E-state index in [-0.39, 0.29) is 5.97 Å². The molecule has 18 heavy (non-hydrogen) atoms. The van der Waals surface area contributed by atoms with Gasteiger partial charge in [-0.1, -0.05) is 6.92 Å². The largest absolute Gasteiger partial charge is 0.467 e. The third-order valence-corrected chi connectivity index (χ3v) is 2.78. The molecule has 1 aromatic heterocycles. The number of ether oxygens (including phenoxy) is 2. The zero-order chi connectivity index (χ0) is 13.0. The van der Waals surface area contributed by atoms with Crippen LogP contribution in [-0.2, 0) is 27.2 Å². The molecule has 1 unspecified atom stereocenters. The summed E-state index contributed by atoms with van der Waals surface area (Å²) in [4.78, 5) is 13.4. The zero-order valence-corrected chi connectivity index (χ0v) is 10.6. The summed E-state index contributed by atoms with van der Waals surface area (Å²) in [6.07, 6.45) is 0.193. The molecular weight excluding hydrogens is 238 g/mol. The van der Waals surface area contributed by atoms with Gasteiger partial charge in [-0.25, -0.2) is 4.79 Å². The highest BCUT2D eigenvalue weighted by Gasteiger charge is 2.28. The number of methoxy groups -OCH3 is 1. The van der Waals surface area contributed by atoms with Crippen LogP contribution < -0.4 is 0 Å². The lowest BCUT2D eigenvalue weighted by atomic mass is 10.2. The number of rotatable bonds is 4. The average molecular weight is 255 g/mol. The molecule has 100 valence electrons. The van der Waals surface area contributed by atoms with E-state index in [0.717, 1.165) is 13.0 Å². The highest BCUT2D eigenvalue weighted by atomic mass is 16.6. The van der Waals surface area contributed by atoms with E-state index in [1.165, 1.54) is 7.11 Å². The van der Waals surface area contributed by atoms with Crippen LogP contribution in [0.2, 0.25) is 0 Å². The first-order valence-corrected chi connectivity index (χ1v) is 5.96. The zero-order valence-electron chi connectivity index (χ0n) is 10.6. The van der Waals surface area contributed by atoms with E-state index >= 15 is 0 Å². The Kier molecular flexibility index (Phi) is 4.27. The van der Waals surface area contributed by atoms with Crippen LogP contribution in [0.4, 0.5) is 0 Å². The lowest BCUT2D eigenvalue weighted by Crippen LogP contribution is -2.46. The van der Waals surface area contributed by atoms with Gasteiger partial charge in [0.15, 0.2) is 6.10 Å². The molecule has 0 bridgehead atoms. The molecule has 0 aromatic carbocycles. The maximum atomic E-state index is 11.4. The van der Waals surface area contributed by atoms with Gasteiger partial charge in [-0.15, -0.1) is 10.2 Å². The van der Waals surface area contributed by atoms with E-state index in [0.29, 0.717) is 31.5 Å².